The van der Waals surface area contributed by atoms with Gasteiger partial charge in [-0.25, -0.2) is 0 Å². The molecule has 2 aliphatic rings. The lowest BCUT2D eigenvalue weighted by atomic mass is 9.83. The first-order valence-electron chi connectivity index (χ1n) is 7.33. The number of fused-ring (bicyclic) bond motifs is 1. The molecule has 0 spiro atoms. The van der Waals surface area contributed by atoms with Gasteiger partial charge in [0.25, 0.3) is 0 Å². The van der Waals surface area contributed by atoms with Crippen molar-refractivity contribution in [3.63, 3.8) is 0 Å². The van der Waals surface area contributed by atoms with Crippen LogP contribution in [0.1, 0.15) is 42.9 Å². The van der Waals surface area contributed by atoms with Crippen LogP contribution in [0.15, 0.2) is 24.3 Å². The van der Waals surface area contributed by atoms with E-state index >= 15 is 0 Å². The van der Waals surface area contributed by atoms with Crippen molar-refractivity contribution in [3.05, 3.63) is 35.4 Å². The zero-order valence-corrected chi connectivity index (χ0v) is 11.0. The van der Waals surface area contributed by atoms with E-state index in [4.69, 9.17) is 4.74 Å². The smallest absolute Gasteiger partial charge is 0.0952 e. The molecule has 2 nitrogen and oxygen atoms in total. The summed E-state index contributed by atoms with van der Waals surface area (Å²) in [7, 11) is 0. The van der Waals surface area contributed by atoms with Crippen LogP contribution < -0.4 is 5.32 Å². The third-order valence-electron chi connectivity index (χ3n) is 4.38. The van der Waals surface area contributed by atoms with E-state index in [1.165, 1.54) is 36.8 Å². The van der Waals surface area contributed by atoms with Gasteiger partial charge in [0.2, 0.25) is 0 Å². The summed E-state index contributed by atoms with van der Waals surface area (Å²) in [5.41, 5.74) is 2.86. The number of hydrogen-bond donors (Lipinski definition) is 1. The Bertz CT molecular complexity index is 386. The van der Waals surface area contributed by atoms with Crippen molar-refractivity contribution in [2.45, 2.75) is 38.2 Å². The molecule has 1 aliphatic heterocycles. The van der Waals surface area contributed by atoms with Crippen LogP contribution in [-0.4, -0.2) is 19.7 Å². The SMILES string of the molecule is c1ccc2c(c1)CCOC2CNCCC1CCC1. The average Bonchev–Trinajstić information content (AvgIpc) is 2.36. The van der Waals surface area contributed by atoms with Crippen LogP contribution >= 0.6 is 0 Å². The molecule has 1 aromatic rings. The van der Waals surface area contributed by atoms with Gasteiger partial charge in [0.05, 0.1) is 12.7 Å². The van der Waals surface area contributed by atoms with Crippen molar-refractivity contribution in [2.75, 3.05) is 19.7 Å². The van der Waals surface area contributed by atoms with Gasteiger partial charge in [0.15, 0.2) is 0 Å². The molecule has 1 saturated carbocycles. The minimum absolute atomic E-state index is 0.261. The van der Waals surface area contributed by atoms with Crippen molar-refractivity contribution < 1.29 is 4.74 Å². The Morgan fingerprint density at radius 3 is 2.94 bits per heavy atom. The maximum atomic E-state index is 5.89. The van der Waals surface area contributed by atoms with Gasteiger partial charge in [0, 0.05) is 6.54 Å². The van der Waals surface area contributed by atoms with Gasteiger partial charge in [0.1, 0.15) is 0 Å². The summed E-state index contributed by atoms with van der Waals surface area (Å²) >= 11 is 0. The highest BCUT2D eigenvalue weighted by molar-refractivity contribution is 5.31. The normalized spacial score (nSPS) is 23.4. The van der Waals surface area contributed by atoms with E-state index in [2.05, 4.69) is 29.6 Å². The predicted molar refractivity (Wildman–Crippen MR) is 73.7 cm³/mol. The summed E-state index contributed by atoms with van der Waals surface area (Å²) in [5, 5.41) is 3.57. The van der Waals surface area contributed by atoms with Crippen molar-refractivity contribution in [2.24, 2.45) is 5.92 Å². The van der Waals surface area contributed by atoms with Gasteiger partial charge < -0.3 is 10.1 Å². The lowest BCUT2D eigenvalue weighted by Gasteiger charge is -2.28. The third kappa shape index (κ3) is 2.76. The molecule has 0 bridgehead atoms. The summed E-state index contributed by atoms with van der Waals surface area (Å²) in [4.78, 5) is 0. The monoisotopic (exact) mass is 245 g/mol. The molecule has 0 aromatic heterocycles. The first kappa shape index (κ1) is 12.2. The summed E-state index contributed by atoms with van der Waals surface area (Å²) in [6, 6.07) is 8.70. The van der Waals surface area contributed by atoms with Gasteiger partial charge in [-0.1, -0.05) is 43.5 Å². The van der Waals surface area contributed by atoms with Crippen molar-refractivity contribution in [1.29, 1.82) is 0 Å². The van der Waals surface area contributed by atoms with Crippen molar-refractivity contribution in [3.8, 4) is 0 Å². The molecule has 2 heteroatoms. The van der Waals surface area contributed by atoms with E-state index in [0.29, 0.717) is 0 Å². The van der Waals surface area contributed by atoms with E-state index in [0.717, 1.165) is 32.0 Å². The van der Waals surface area contributed by atoms with E-state index < -0.39 is 0 Å². The number of rotatable bonds is 5. The summed E-state index contributed by atoms with van der Waals surface area (Å²) < 4.78 is 5.89. The molecule has 1 N–H and O–H groups in total. The second-order valence-corrected chi connectivity index (χ2v) is 5.60. The second-order valence-electron chi connectivity index (χ2n) is 5.60. The van der Waals surface area contributed by atoms with Crippen molar-refractivity contribution in [1.82, 2.24) is 5.32 Å². The molecule has 0 amide bonds. The number of hydrogen-bond acceptors (Lipinski definition) is 2. The van der Waals surface area contributed by atoms with Crippen LogP contribution in [0.4, 0.5) is 0 Å². The minimum atomic E-state index is 0.261. The Balaban J connectivity index is 1.47. The molecule has 98 valence electrons. The summed E-state index contributed by atoms with van der Waals surface area (Å²) in [6.07, 6.45) is 7.01. The molecule has 0 saturated heterocycles. The minimum Gasteiger partial charge on any atom is -0.372 e. The van der Waals surface area contributed by atoms with Crippen LogP contribution in [0.2, 0.25) is 0 Å². The molecular formula is C16H23NO. The Morgan fingerprint density at radius 2 is 2.11 bits per heavy atom. The lowest BCUT2D eigenvalue weighted by Crippen LogP contribution is -2.29. The number of benzene rings is 1. The van der Waals surface area contributed by atoms with E-state index in [1.54, 1.807) is 0 Å². The highest BCUT2D eigenvalue weighted by Gasteiger charge is 2.20. The Hall–Kier alpha value is -0.860. The van der Waals surface area contributed by atoms with Crippen molar-refractivity contribution >= 4 is 0 Å². The van der Waals surface area contributed by atoms with Gasteiger partial charge in [-0.3, -0.25) is 0 Å². The fraction of sp³-hybridized carbons (Fsp3) is 0.625. The molecule has 1 heterocycles. The fourth-order valence-corrected chi connectivity index (χ4v) is 2.97. The third-order valence-corrected chi connectivity index (χ3v) is 4.38. The Labute approximate surface area is 110 Å². The molecule has 1 unspecified atom stereocenters. The fourth-order valence-electron chi connectivity index (χ4n) is 2.97. The standard InChI is InChI=1S/C16H23NO/c1-2-7-15-14(6-1)9-11-18-16(15)12-17-10-8-13-4-3-5-13/h1-2,6-7,13,16-17H,3-5,8-12H2. The van der Waals surface area contributed by atoms with Crippen LogP contribution in [0.25, 0.3) is 0 Å². The zero-order chi connectivity index (χ0) is 12.2. The molecule has 3 rings (SSSR count). The Kier molecular flexibility index (Phi) is 3.96. The molecule has 1 atom stereocenters. The first-order chi connectivity index (χ1) is 8.93. The molecule has 1 aromatic carbocycles. The van der Waals surface area contributed by atoms with Gasteiger partial charge >= 0.3 is 0 Å². The summed E-state index contributed by atoms with van der Waals surface area (Å²) in [6.45, 7) is 2.97. The number of nitrogens with one attached hydrogen (secondary N) is 1. The second kappa shape index (κ2) is 5.85. The van der Waals surface area contributed by atoms with Gasteiger partial charge in [-0.2, -0.15) is 0 Å². The predicted octanol–water partition coefficient (Wildman–Crippen LogP) is 3.08. The first-order valence-corrected chi connectivity index (χ1v) is 7.33. The van der Waals surface area contributed by atoms with E-state index in [1.807, 2.05) is 0 Å². The van der Waals surface area contributed by atoms with Crippen LogP contribution in [0.5, 0.6) is 0 Å². The highest BCUT2D eigenvalue weighted by atomic mass is 16.5. The van der Waals surface area contributed by atoms with Crippen LogP contribution in [0, 0.1) is 5.92 Å². The average molecular weight is 245 g/mol. The molecule has 0 radical (unpaired) electrons. The molecular weight excluding hydrogens is 222 g/mol. The lowest BCUT2D eigenvalue weighted by molar-refractivity contribution is 0.0422. The van der Waals surface area contributed by atoms with E-state index in [9.17, 15) is 0 Å². The van der Waals surface area contributed by atoms with Crippen LogP contribution in [-0.2, 0) is 11.2 Å². The van der Waals surface area contributed by atoms with Gasteiger partial charge in [-0.05, 0) is 36.4 Å². The quantitative estimate of drug-likeness (QED) is 0.805. The Morgan fingerprint density at radius 1 is 1.22 bits per heavy atom. The number of ether oxygens (including phenoxy) is 1. The summed E-state index contributed by atoms with van der Waals surface area (Å²) in [5.74, 6) is 0.997. The largest absolute Gasteiger partial charge is 0.372 e. The van der Waals surface area contributed by atoms with E-state index in [-0.39, 0.29) is 6.10 Å². The van der Waals surface area contributed by atoms with Gasteiger partial charge in [-0.15, -0.1) is 0 Å². The molecule has 1 aliphatic carbocycles. The highest BCUT2D eigenvalue weighted by Crippen LogP contribution is 2.29. The topological polar surface area (TPSA) is 21.3 Å². The van der Waals surface area contributed by atoms with Crippen LogP contribution in [0.3, 0.4) is 0 Å². The maximum Gasteiger partial charge on any atom is 0.0952 e. The molecule has 1 fully saturated rings. The molecule has 18 heavy (non-hydrogen) atoms. The zero-order valence-electron chi connectivity index (χ0n) is 11.0. The maximum absolute atomic E-state index is 5.89.